The minimum absolute atomic E-state index is 0.0131. The van der Waals surface area contributed by atoms with Crippen LogP contribution in [0.5, 0.6) is 11.5 Å². The van der Waals surface area contributed by atoms with E-state index in [-0.39, 0.29) is 28.2 Å². The highest BCUT2D eigenvalue weighted by molar-refractivity contribution is 6.09. The molecule has 2 aromatic carbocycles. The minimum atomic E-state index is -4.86. The quantitative estimate of drug-likeness (QED) is 0.796. The summed E-state index contributed by atoms with van der Waals surface area (Å²) in [6, 6.07) is 9.41. The van der Waals surface area contributed by atoms with Crippen molar-refractivity contribution in [2.75, 3.05) is 0 Å². The Balaban J connectivity index is 2.00. The molecule has 1 heterocycles. The lowest BCUT2D eigenvalue weighted by Crippen LogP contribution is -2.55. The number of carbonyl (C=O) groups is 2. The van der Waals surface area contributed by atoms with Crippen molar-refractivity contribution in [2.24, 2.45) is 5.41 Å². The number of aromatic hydroxyl groups is 1. The summed E-state index contributed by atoms with van der Waals surface area (Å²) in [5.41, 5.74) is -1.55. The first-order valence-electron chi connectivity index (χ1n) is 7.96. The number of carboxylic acids is 1. The van der Waals surface area contributed by atoms with E-state index in [0.29, 0.717) is 0 Å². The van der Waals surface area contributed by atoms with Crippen LogP contribution in [0.25, 0.3) is 0 Å². The van der Waals surface area contributed by atoms with E-state index in [2.05, 4.69) is 0 Å². The van der Waals surface area contributed by atoms with Gasteiger partial charge in [0.15, 0.2) is 5.78 Å². The summed E-state index contributed by atoms with van der Waals surface area (Å²) < 4.78 is 44.8. The van der Waals surface area contributed by atoms with Crippen LogP contribution in [0.1, 0.15) is 28.4 Å². The van der Waals surface area contributed by atoms with Crippen LogP contribution in [-0.2, 0) is 11.2 Å². The molecule has 0 aromatic heterocycles. The second kappa shape index (κ2) is 6.29. The van der Waals surface area contributed by atoms with E-state index in [1.165, 1.54) is 42.5 Å². The Morgan fingerprint density at radius 1 is 1.11 bits per heavy atom. The molecule has 0 radical (unpaired) electrons. The van der Waals surface area contributed by atoms with Gasteiger partial charge in [-0.15, -0.1) is 0 Å². The number of alkyl halides is 3. The van der Waals surface area contributed by atoms with Crippen molar-refractivity contribution in [1.29, 1.82) is 0 Å². The summed E-state index contributed by atoms with van der Waals surface area (Å²) in [5.74, 6) is -2.15. The molecule has 1 aliphatic rings. The van der Waals surface area contributed by atoms with Gasteiger partial charge in [-0.3, -0.25) is 9.59 Å². The SMILES string of the molecule is CC1(C(=O)O)Cc2cc(C(=O)c3ccc(O)cc3)ccc2OC1C(F)(F)F. The van der Waals surface area contributed by atoms with Crippen LogP contribution in [0.15, 0.2) is 42.5 Å². The minimum Gasteiger partial charge on any atom is -0.508 e. The lowest BCUT2D eigenvalue weighted by atomic mass is 9.75. The molecule has 0 amide bonds. The Hall–Kier alpha value is -3.03. The van der Waals surface area contributed by atoms with Gasteiger partial charge in [0.1, 0.15) is 16.9 Å². The second-order valence-corrected chi connectivity index (χ2v) is 6.64. The van der Waals surface area contributed by atoms with Crippen molar-refractivity contribution in [3.8, 4) is 11.5 Å². The van der Waals surface area contributed by atoms with E-state index < -0.39 is 35.9 Å². The number of ketones is 1. The zero-order valence-corrected chi connectivity index (χ0v) is 14.1. The van der Waals surface area contributed by atoms with Gasteiger partial charge in [0.05, 0.1) is 0 Å². The van der Waals surface area contributed by atoms with Gasteiger partial charge in [-0.1, -0.05) is 0 Å². The van der Waals surface area contributed by atoms with E-state index >= 15 is 0 Å². The first-order chi connectivity index (χ1) is 12.5. The number of hydrogen-bond acceptors (Lipinski definition) is 4. The van der Waals surface area contributed by atoms with Crippen molar-refractivity contribution in [2.45, 2.75) is 25.6 Å². The zero-order chi connectivity index (χ0) is 20.0. The second-order valence-electron chi connectivity index (χ2n) is 6.64. The van der Waals surface area contributed by atoms with E-state index in [9.17, 15) is 33.0 Å². The zero-order valence-electron chi connectivity index (χ0n) is 14.1. The summed E-state index contributed by atoms with van der Waals surface area (Å²) in [4.78, 5) is 24.1. The molecule has 5 nitrogen and oxygen atoms in total. The fourth-order valence-corrected chi connectivity index (χ4v) is 3.11. The molecule has 0 spiro atoms. The maximum atomic E-state index is 13.3. The van der Waals surface area contributed by atoms with Crippen molar-refractivity contribution < 1.29 is 37.7 Å². The fourth-order valence-electron chi connectivity index (χ4n) is 3.11. The van der Waals surface area contributed by atoms with Crippen LogP contribution < -0.4 is 4.74 Å². The molecule has 1 aliphatic heterocycles. The number of phenolic OH excluding ortho intramolecular Hbond substituents is 1. The highest BCUT2D eigenvalue weighted by Gasteiger charge is 2.59. The van der Waals surface area contributed by atoms with Crippen LogP contribution in [-0.4, -0.2) is 34.2 Å². The Morgan fingerprint density at radius 2 is 1.70 bits per heavy atom. The lowest BCUT2D eigenvalue weighted by Gasteiger charge is -2.39. The van der Waals surface area contributed by atoms with E-state index in [4.69, 9.17) is 4.74 Å². The highest BCUT2D eigenvalue weighted by atomic mass is 19.4. The topological polar surface area (TPSA) is 83.8 Å². The molecule has 3 rings (SSSR count). The molecule has 8 heteroatoms. The largest absolute Gasteiger partial charge is 0.508 e. The Bertz CT molecular complexity index is 905. The molecule has 2 atom stereocenters. The summed E-state index contributed by atoms with van der Waals surface area (Å²) in [5, 5.41) is 18.7. The third-order valence-electron chi connectivity index (χ3n) is 4.62. The summed E-state index contributed by atoms with van der Waals surface area (Å²) in [6.45, 7) is 0.977. The molecule has 0 aliphatic carbocycles. The van der Waals surface area contributed by atoms with Crippen LogP contribution in [0, 0.1) is 5.41 Å². The van der Waals surface area contributed by atoms with Crippen LogP contribution in [0.2, 0.25) is 0 Å². The van der Waals surface area contributed by atoms with Gasteiger partial charge >= 0.3 is 12.1 Å². The number of halogens is 3. The van der Waals surface area contributed by atoms with Gasteiger partial charge in [0.2, 0.25) is 6.10 Å². The molecule has 2 aromatic rings. The smallest absolute Gasteiger partial charge is 0.426 e. The highest BCUT2D eigenvalue weighted by Crippen LogP contribution is 2.45. The molecule has 2 N–H and O–H groups in total. The van der Waals surface area contributed by atoms with Crippen molar-refractivity contribution >= 4 is 11.8 Å². The summed E-state index contributed by atoms with van der Waals surface area (Å²) >= 11 is 0. The maximum Gasteiger partial charge on any atom is 0.426 e. The molecule has 0 fully saturated rings. The predicted octanol–water partition coefficient (Wildman–Crippen LogP) is 3.58. The van der Waals surface area contributed by atoms with E-state index in [0.717, 1.165) is 6.92 Å². The Kier molecular flexibility index (Phi) is 4.37. The molecular formula is C19H15F3O5. The van der Waals surface area contributed by atoms with Crippen LogP contribution in [0.3, 0.4) is 0 Å². The molecule has 0 bridgehead atoms. The average molecular weight is 380 g/mol. The fraction of sp³-hybridized carbons (Fsp3) is 0.263. The predicted molar refractivity (Wildman–Crippen MR) is 87.9 cm³/mol. The maximum absolute atomic E-state index is 13.3. The standard InChI is InChI=1S/C19H15F3O5/c1-18(17(25)26)9-12-8-11(15(24)10-2-5-13(23)6-3-10)4-7-14(12)27-16(18)19(20,21)22/h2-8,16,23H,9H2,1H3,(H,25,26). The third kappa shape index (κ3) is 3.34. The third-order valence-corrected chi connectivity index (χ3v) is 4.62. The van der Waals surface area contributed by atoms with E-state index in [1.54, 1.807) is 0 Å². The van der Waals surface area contributed by atoms with Crippen LogP contribution >= 0.6 is 0 Å². The van der Waals surface area contributed by atoms with Gasteiger partial charge in [0.25, 0.3) is 0 Å². The number of fused-ring (bicyclic) bond motifs is 1. The molecule has 0 saturated heterocycles. The Morgan fingerprint density at radius 3 is 2.26 bits per heavy atom. The summed E-state index contributed by atoms with van der Waals surface area (Å²) in [6.07, 6.45) is -7.78. The number of aliphatic carboxylic acids is 1. The summed E-state index contributed by atoms with van der Waals surface area (Å²) in [7, 11) is 0. The molecule has 2 unspecified atom stereocenters. The number of rotatable bonds is 3. The molecule has 0 saturated carbocycles. The average Bonchev–Trinajstić information content (AvgIpc) is 2.59. The van der Waals surface area contributed by atoms with Crippen molar-refractivity contribution in [3.63, 3.8) is 0 Å². The number of carboxylic acid groups (broad SMARTS) is 1. The lowest BCUT2D eigenvalue weighted by molar-refractivity contribution is -0.234. The van der Waals surface area contributed by atoms with Gasteiger partial charge in [-0.05, 0) is 61.4 Å². The monoisotopic (exact) mass is 380 g/mol. The number of ether oxygens (including phenoxy) is 1. The molecule has 142 valence electrons. The number of phenols is 1. The van der Waals surface area contributed by atoms with Crippen molar-refractivity contribution in [3.05, 3.63) is 59.2 Å². The first kappa shape index (κ1) is 18.8. The normalized spacial score (nSPS) is 21.9. The van der Waals surface area contributed by atoms with Crippen LogP contribution in [0.4, 0.5) is 13.2 Å². The first-order valence-corrected chi connectivity index (χ1v) is 7.96. The van der Waals surface area contributed by atoms with Gasteiger partial charge in [-0.2, -0.15) is 13.2 Å². The van der Waals surface area contributed by atoms with Gasteiger partial charge in [-0.25, -0.2) is 0 Å². The van der Waals surface area contributed by atoms with Gasteiger partial charge in [0, 0.05) is 11.1 Å². The van der Waals surface area contributed by atoms with E-state index in [1.807, 2.05) is 0 Å². The number of hydrogen-bond donors (Lipinski definition) is 2. The molecular weight excluding hydrogens is 365 g/mol. The Labute approximate surface area is 152 Å². The van der Waals surface area contributed by atoms with Crippen molar-refractivity contribution in [1.82, 2.24) is 0 Å². The number of carbonyl (C=O) groups excluding carboxylic acids is 1. The number of benzene rings is 2. The van der Waals surface area contributed by atoms with Gasteiger partial charge < -0.3 is 14.9 Å². The molecule has 27 heavy (non-hydrogen) atoms.